The molecule has 2 saturated heterocycles. The first kappa shape index (κ1) is 22.9. The fourth-order valence-corrected chi connectivity index (χ4v) is 6.38. The highest BCUT2D eigenvalue weighted by Gasteiger charge is 2.30. The van der Waals surface area contributed by atoms with E-state index in [0.29, 0.717) is 31.9 Å². The van der Waals surface area contributed by atoms with Gasteiger partial charge in [-0.2, -0.15) is 0 Å². The molecule has 0 radical (unpaired) electrons. The predicted octanol–water partition coefficient (Wildman–Crippen LogP) is 2.99. The lowest BCUT2D eigenvalue weighted by Crippen LogP contribution is -2.49. The molecule has 2 amide bonds. The fraction of sp³-hybridized carbons (Fsp3) is 0.478. The monoisotopic (exact) mass is 497 g/mol. The molecule has 0 unspecified atom stereocenters. The minimum absolute atomic E-state index is 0.00931. The number of hydrogen-bond acceptors (Lipinski definition) is 9. The number of nitrogens with zero attached hydrogens (tertiary/aromatic N) is 7. The van der Waals surface area contributed by atoms with Gasteiger partial charge in [-0.3, -0.25) is 14.6 Å². The van der Waals surface area contributed by atoms with E-state index in [2.05, 4.69) is 19.9 Å². The summed E-state index contributed by atoms with van der Waals surface area (Å²) in [6.45, 7) is 7.96. The van der Waals surface area contributed by atoms with Crippen LogP contribution in [0.4, 0.5) is 5.82 Å². The molecule has 2 fully saturated rings. The maximum atomic E-state index is 13.0. The van der Waals surface area contributed by atoms with Gasteiger partial charge in [0.15, 0.2) is 0 Å². The van der Waals surface area contributed by atoms with Crippen LogP contribution in [-0.4, -0.2) is 80.8 Å². The van der Waals surface area contributed by atoms with Gasteiger partial charge in [-0.05, 0) is 26.7 Å². The normalized spacial score (nSPS) is 17.3. The molecular formula is C23H27N7O2S2. The Hall–Kier alpha value is -2.92. The van der Waals surface area contributed by atoms with Crippen LogP contribution in [-0.2, 0) is 0 Å². The largest absolute Gasteiger partial charge is 0.352 e. The highest BCUT2D eigenvalue weighted by atomic mass is 32.1. The van der Waals surface area contributed by atoms with E-state index in [-0.39, 0.29) is 17.7 Å². The topological polar surface area (TPSA) is 95.4 Å². The van der Waals surface area contributed by atoms with Gasteiger partial charge in [0.2, 0.25) is 0 Å². The van der Waals surface area contributed by atoms with Gasteiger partial charge in [0.05, 0.1) is 21.9 Å². The minimum Gasteiger partial charge on any atom is -0.352 e. The second kappa shape index (κ2) is 9.75. The van der Waals surface area contributed by atoms with Gasteiger partial charge in [0.1, 0.15) is 16.4 Å². The van der Waals surface area contributed by atoms with Crippen molar-refractivity contribution in [1.82, 2.24) is 29.7 Å². The Kier molecular flexibility index (Phi) is 6.55. The average Bonchev–Trinajstić information content (AvgIpc) is 3.50. The molecule has 3 aromatic rings. The Morgan fingerprint density at radius 1 is 0.941 bits per heavy atom. The number of anilines is 1. The molecule has 9 nitrogen and oxygen atoms in total. The summed E-state index contributed by atoms with van der Waals surface area (Å²) in [7, 11) is 0. The summed E-state index contributed by atoms with van der Waals surface area (Å²) >= 11 is 3.03. The first-order chi connectivity index (χ1) is 16.5. The molecule has 2 aliphatic rings. The molecule has 11 heteroatoms. The quantitative estimate of drug-likeness (QED) is 0.547. The van der Waals surface area contributed by atoms with Crippen molar-refractivity contribution in [1.29, 1.82) is 0 Å². The van der Waals surface area contributed by atoms with Crippen molar-refractivity contribution in [2.75, 3.05) is 44.2 Å². The van der Waals surface area contributed by atoms with Gasteiger partial charge in [-0.1, -0.05) is 0 Å². The van der Waals surface area contributed by atoms with Crippen molar-refractivity contribution < 1.29 is 9.59 Å². The molecule has 0 N–H and O–H groups in total. The van der Waals surface area contributed by atoms with Crippen molar-refractivity contribution in [2.45, 2.75) is 32.6 Å². The molecule has 0 bridgehead atoms. The van der Waals surface area contributed by atoms with Crippen molar-refractivity contribution >= 4 is 40.3 Å². The molecule has 5 rings (SSSR count). The lowest BCUT2D eigenvalue weighted by Gasteiger charge is -2.34. The number of thiazole rings is 2. The van der Waals surface area contributed by atoms with Crippen molar-refractivity contribution in [2.24, 2.45) is 0 Å². The Bertz CT molecular complexity index is 1160. The second-order valence-corrected chi connectivity index (χ2v) is 10.7. The number of carbonyl (C=O) groups excluding carboxylic acids is 2. The number of likely N-dealkylation sites (tertiary alicyclic amines) is 1. The van der Waals surface area contributed by atoms with E-state index in [4.69, 9.17) is 4.98 Å². The Labute approximate surface area is 206 Å². The number of aromatic nitrogens is 4. The van der Waals surface area contributed by atoms with Crippen LogP contribution in [0.25, 0.3) is 0 Å². The molecular weight excluding hydrogens is 470 g/mol. The molecule has 0 atom stereocenters. The summed E-state index contributed by atoms with van der Waals surface area (Å²) in [5.74, 6) is 1.20. The van der Waals surface area contributed by atoms with Gasteiger partial charge in [0.25, 0.3) is 11.8 Å². The summed E-state index contributed by atoms with van der Waals surface area (Å²) in [5, 5.41) is 3.80. The third-order valence-electron chi connectivity index (χ3n) is 6.41. The van der Waals surface area contributed by atoms with Crippen molar-refractivity contribution in [3.05, 3.63) is 50.3 Å². The molecule has 178 valence electrons. The van der Waals surface area contributed by atoms with E-state index < -0.39 is 0 Å². The van der Waals surface area contributed by atoms with E-state index in [1.54, 1.807) is 29.9 Å². The third-order valence-corrected chi connectivity index (χ3v) is 8.48. The van der Waals surface area contributed by atoms with Gasteiger partial charge in [-0.25, -0.2) is 15.0 Å². The molecule has 0 saturated carbocycles. The van der Waals surface area contributed by atoms with Crippen LogP contribution in [0.1, 0.15) is 54.6 Å². The zero-order chi connectivity index (χ0) is 23.7. The van der Waals surface area contributed by atoms with Gasteiger partial charge >= 0.3 is 0 Å². The second-order valence-electron chi connectivity index (χ2n) is 8.63. The zero-order valence-corrected chi connectivity index (χ0v) is 20.9. The minimum atomic E-state index is -0.00931. The Morgan fingerprint density at radius 3 is 2.32 bits per heavy atom. The van der Waals surface area contributed by atoms with Crippen molar-refractivity contribution in [3.8, 4) is 0 Å². The van der Waals surface area contributed by atoms with Crippen molar-refractivity contribution in [3.63, 3.8) is 0 Å². The fourth-order valence-electron chi connectivity index (χ4n) is 4.53. The number of piperazine rings is 1. The number of hydrogen-bond donors (Lipinski definition) is 0. The third kappa shape index (κ3) is 4.67. The van der Waals surface area contributed by atoms with Crippen LogP contribution in [0.2, 0.25) is 0 Å². The van der Waals surface area contributed by atoms with E-state index in [0.717, 1.165) is 52.3 Å². The number of amides is 2. The van der Waals surface area contributed by atoms with Gasteiger partial charge in [0, 0.05) is 63.0 Å². The summed E-state index contributed by atoms with van der Waals surface area (Å²) in [4.78, 5) is 50.2. The highest BCUT2D eigenvalue weighted by molar-refractivity contribution is 7.13. The SMILES string of the molecule is Cc1nc(C)c(C(=O)N2CCC(c3nc(C(=O)N4CCN(c5cnccn5)CC4)cs3)CC2)s1. The average molecular weight is 498 g/mol. The predicted molar refractivity (Wildman–Crippen MR) is 132 cm³/mol. The Balaban J connectivity index is 1.15. The number of piperidine rings is 1. The lowest BCUT2D eigenvalue weighted by molar-refractivity contribution is 0.0716. The maximum Gasteiger partial charge on any atom is 0.273 e. The van der Waals surface area contributed by atoms with Gasteiger partial charge in [-0.15, -0.1) is 22.7 Å². The molecule has 0 aromatic carbocycles. The first-order valence-corrected chi connectivity index (χ1v) is 13.2. The molecule has 2 aliphatic heterocycles. The summed E-state index contributed by atoms with van der Waals surface area (Å²) in [6.07, 6.45) is 6.82. The van der Waals surface area contributed by atoms with Crippen LogP contribution >= 0.6 is 22.7 Å². The number of aryl methyl sites for hydroxylation is 2. The first-order valence-electron chi connectivity index (χ1n) is 11.5. The molecule has 0 spiro atoms. The summed E-state index contributed by atoms with van der Waals surface area (Å²) < 4.78 is 0. The highest BCUT2D eigenvalue weighted by Crippen LogP contribution is 2.32. The lowest BCUT2D eigenvalue weighted by atomic mass is 9.97. The number of carbonyl (C=O) groups is 2. The van der Waals surface area contributed by atoms with Crippen LogP contribution in [0.3, 0.4) is 0 Å². The van der Waals surface area contributed by atoms with E-state index in [1.165, 1.54) is 11.3 Å². The van der Waals surface area contributed by atoms with E-state index in [1.807, 2.05) is 29.0 Å². The maximum absolute atomic E-state index is 13.0. The van der Waals surface area contributed by atoms with Gasteiger partial charge < -0.3 is 14.7 Å². The van der Waals surface area contributed by atoms with Crippen LogP contribution < -0.4 is 4.90 Å². The number of rotatable bonds is 4. The van der Waals surface area contributed by atoms with Crippen LogP contribution in [0, 0.1) is 13.8 Å². The molecule has 3 aromatic heterocycles. The summed E-state index contributed by atoms with van der Waals surface area (Å²) in [5.41, 5.74) is 1.34. The Morgan fingerprint density at radius 2 is 1.68 bits per heavy atom. The molecule has 5 heterocycles. The smallest absolute Gasteiger partial charge is 0.273 e. The molecule has 0 aliphatic carbocycles. The van der Waals surface area contributed by atoms with Crippen LogP contribution in [0.5, 0.6) is 0 Å². The standard InChI is InChI=1S/C23H27N7O2S2/c1-15-20(34-16(2)26-15)23(32)29-7-3-17(4-8-29)21-27-18(14-33-21)22(31)30-11-9-28(10-12-30)19-13-24-5-6-25-19/h5-6,13-14,17H,3-4,7-12H2,1-2H3. The van der Waals surface area contributed by atoms with Crippen LogP contribution in [0.15, 0.2) is 24.0 Å². The summed E-state index contributed by atoms with van der Waals surface area (Å²) in [6, 6.07) is 0. The molecule has 34 heavy (non-hydrogen) atoms. The zero-order valence-electron chi connectivity index (χ0n) is 19.3. The van der Waals surface area contributed by atoms with E-state index >= 15 is 0 Å². The van der Waals surface area contributed by atoms with E-state index in [9.17, 15) is 9.59 Å².